The molecule has 1 fully saturated rings. The van der Waals surface area contributed by atoms with Gasteiger partial charge in [0.15, 0.2) is 11.6 Å². The molecule has 0 aromatic heterocycles. The Kier molecular flexibility index (Phi) is 5.47. The van der Waals surface area contributed by atoms with Crippen molar-refractivity contribution >= 4 is 5.91 Å². The van der Waals surface area contributed by atoms with E-state index in [1.165, 1.54) is 6.07 Å². The van der Waals surface area contributed by atoms with Gasteiger partial charge in [0, 0.05) is 46.8 Å². The van der Waals surface area contributed by atoms with E-state index in [1.807, 2.05) is 7.05 Å². The lowest BCUT2D eigenvalue weighted by atomic mass is 10.1. The highest BCUT2D eigenvalue weighted by Gasteiger charge is 2.27. The highest BCUT2D eigenvalue weighted by atomic mass is 19.2. The Hall–Kier alpha value is -1.53. The summed E-state index contributed by atoms with van der Waals surface area (Å²) in [5.41, 5.74) is 0.722. The normalized spacial score (nSPS) is 20.7. The molecule has 0 saturated carbocycles. The molecule has 1 aliphatic heterocycles. The van der Waals surface area contributed by atoms with E-state index in [0.29, 0.717) is 19.6 Å². The molecule has 0 bridgehead atoms. The summed E-state index contributed by atoms with van der Waals surface area (Å²) in [5, 5.41) is 0. The molecule has 1 aromatic carbocycles. The van der Waals surface area contributed by atoms with Crippen molar-refractivity contribution in [3.05, 3.63) is 35.4 Å². The van der Waals surface area contributed by atoms with Gasteiger partial charge in [0.1, 0.15) is 0 Å². The summed E-state index contributed by atoms with van der Waals surface area (Å²) in [6.45, 7) is 3.50. The van der Waals surface area contributed by atoms with Gasteiger partial charge in [0.05, 0.1) is 5.92 Å². The topological polar surface area (TPSA) is 26.8 Å². The lowest BCUT2D eigenvalue weighted by Gasteiger charge is -2.25. The molecule has 2 rings (SSSR count). The first-order chi connectivity index (χ1) is 10.4. The highest BCUT2D eigenvalue weighted by molar-refractivity contribution is 5.78. The van der Waals surface area contributed by atoms with Gasteiger partial charge in [-0.1, -0.05) is 6.07 Å². The molecular formula is C16H23F2N3O. The smallest absolute Gasteiger partial charge is 0.227 e. The average molecular weight is 311 g/mol. The first kappa shape index (κ1) is 16.8. The summed E-state index contributed by atoms with van der Waals surface area (Å²) in [6.07, 6.45) is 0. The number of halogens is 2. The first-order valence-electron chi connectivity index (χ1n) is 7.43. The van der Waals surface area contributed by atoms with Gasteiger partial charge in [-0.05, 0) is 24.7 Å². The zero-order valence-corrected chi connectivity index (χ0v) is 13.4. The minimum Gasteiger partial charge on any atom is -0.348 e. The maximum Gasteiger partial charge on any atom is 0.227 e. The summed E-state index contributed by atoms with van der Waals surface area (Å²) < 4.78 is 26.3. The van der Waals surface area contributed by atoms with Gasteiger partial charge >= 0.3 is 0 Å². The second kappa shape index (κ2) is 7.15. The molecule has 1 saturated heterocycles. The zero-order chi connectivity index (χ0) is 16.3. The quantitative estimate of drug-likeness (QED) is 0.845. The van der Waals surface area contributed by atoms with Crippen LogP contribution in [0.5, 0.6) is 0 Å². The van der Waals surface area contributed by atoms with Gasteiger partial charge < -0.3 is 9.80 Å². The SMILES string of the molecule is CN1CCN(Cc2ccc(F)c(F)c2)C[C@@H](C(=O)N(C)C)C1. The number of carbonyl (C=O) groups is 1. The minimum atomic E-state index is -0.833. The number of hydrogen-bond acceptors (Lipinski definition) is 3. The highest BCUT2D eigenvalue weighted by Crippen LogP contribution is 2.15. The molecule has 0 spiro atoms. The number of rotatable bonds is 3. The molecule has 1 atom stereocenters. The molecule has 0 unspecified atom stereocenters. The molecule has 4 nitrogen and oxygen atoms in total. The van der Waals surface area contributed by atoms with Crippen LogP contribution in [0.4, 0.5) is 8.78 Å². The van der Waals surface area contributed by atoms with E-state index in [2.05, 4.69) is 9.80 Å². The fraction of sp³-hybridized carbons (Fsp3) is 0.562. The Morgan fingerprint density at radius 2 is 1.95 bits per heavy atom. The van der Waals surface area contributed by atoms with Crippen molar-refractivity contribution in [3.63, 3.8) is 0 Å². The van der Waals surface area contributed by atoms with Gasteiger partial charge in [-0.2, -0.15) is 0 Å². The molecule has 1 aromatic rings. The molecule has 1 heterocycles. The molecule has 122 valence electrons. The molecule has 0 aliphatic carbocycles. The molecule has 0 N–H and O–H groups in total. The Balaban J connectivity index is 2.08. The summed E-state index contributed by atoms with van der Waals surface area (Å²) in [4.78, 5) is 18.1. The lowest BCUT2D eigenvalue weighted by Crippen LogP contribution is -2.40. The second-order valence-electron chi connectivity index (χ2n) is 6.18. The van der Waals surface area contributed by atoms with E-state index in [4.69, 9.17) is 0 Å². The van der Waals surface area contributed by atoms with Crippen molar-refractivity contribution in [2.75, 3.05) is 47.3 Å². The van der Waals surface area contributed by atoms with Gasteiger partial charge in [-0.15, -0.1) is 0 Å². The zero-order valence-electron chi connectivity index (χ0n) is 13.4. The van der Waals surface area contributed by atoms with Crippen LogP contribution < -0.4 is 0 Å². The van der Waals surface area contributed by atoms with Crippen molar-refractivity contribution in [1.29, 1.82) is 0 Å². The van der Waals surface area contributed by atoms with Gasteiger partial charge in [0.25, 0.3) is 0 Å². The third-order valence-electron chi connectivity index (χ3n) is 3.99. The van der Waals surface area contributed by atoms with Crippen LogP contribution in [-0.2, 0) is 11.3 Å². The Morgan fingerprint density at radius 3 is 2.59 bits per heavy atom. The van der Waals surface area contributed by atoms with Crippen LogP contribution in [0.15, 0.2) is 18.2 Å². The fourth-order valence-electron chi connectivity index (χ4n) is 2.80. The average Bonchev–Trinajstić information content (AvgIpc) is 2.64. The van der Waals surface area contributed by atoms with E-state index < -0.39 is 11.6 Å². The van der Waals surface area contributed by atoms with E-state index in [1.54, 1.807) is 25.1 Å². The van der Waals surface area contributed by atoms with Crippen LogP contribution in [0.2, 0.25) is 0 Å². The van der Waals surface area contributed by atoms with Crippen molar-refractivity contribution < 1.29 is 13.6 Å². The van der Waals surface area contributed by atoms with E-state index >= 15 is 0 Å². The number of hydrogen-bond donors (Lipinski definition) is 0. The van der Waals surface area contributed by atoms with Crippen LogP contribution in [0.3, 0.4) is 0 Å². The fourth-order valence-corrected chi connectivity index (χ4v) is 2.80. The third-order valence-corrected chi connectivity index (χ3v) is 3.99. The number of carbonyl (C=O) groups excluding carboxylic acids is 1. The summed E-state index contributed by atoms with van der Waals surface area (Å²) in [5.74, 6) is -1.66. The van der Waals surface area contributed by atoms with Crippen LogP contribution in [0.25, 0.3) is 0 Å². The largest absolute Gasteiger partial charge is 0.348 e. The van der Waals surface area contributed by atoms with Crippen LogP contribution in [0, 0.1) is 17.6 Å². The Bertz CT molecular complexity index is 536. The maximum absolute atomic E-state index is 13.3. The van der Waals surface area contributed by atoms with Gasteiger partial charge in [-0.3, -0.25) is 9.69 Å². The van der Waals surface area contributed by atoms with E-state index in [0.717, 1.165) is 24.7 Å². The summed E-state index contributed by atoms with van der Waals surface area (Å²) in [7, 11) is 5.51. The van der Waals surface area contributed by atoms with Crippen molar-refractivity contribution in [2.45, 2.75) is 6.54 Å². The van der Waals surface area contributed by atoms with Gasteiger partial charge in [0.2, 0.25) is 5.91 Å². The lowest BCUT2D eigenvalue weighted by molar-refractivity contribution is -0.133. The standard InChI is InChI=1S/C16H23F2N3O/c1-19(2)16(22)13-10-20(3)6-7-21(11-13)9-12-4-5-14(17)15(18)8-12/h4-5,8,13H,6-7,9-11H2,1-3H3/t13-/m0/s1. The Morgan fingerprint density at radius 1 is 1.23 bits per heavy atom. The minimum absolute atomic E-state index is 0.101. The summed E-state index contributed by atoms with van der Waals surface area (Å²) >= 11 is 0. The van der Waals surface area contributed by atoms with E-state index in [9.17, 15) is 13.6 Å². The molecule has 22 heavy (non-hydrogen) atoms. The van der Waals surface area contributed by atoms with Crippen LogP contribution in [0.1, 0.15) is 5.56 Å². The molecule has 0 radical (unpaired) electrons. The van der Waals surface area contributed by atoms with Crippen LogP contribution >= 0.6 is 0 Å². The van der Waals surface area contributed by atoms with Crippen molar-refractivity contribution in [1.82, 2.24) is 14.7 Å². The molecule has 1 amide bonds. The second-order valence-corrected chi connectivity index (χ2v) is 6.18. The molecular weight excluding hydrogens is 288 g/mol. The van der Waals surface area contributed by atoms with Crippen molar-refractivity contribution in [3.8, 4) is 0 Å². The summed E-state index contributed by atoms with van der Waals surface area (Å²) in [6, 6.07) is 3.97. The monoisotopic (exact) mass is 311 g/mol. The van der Waals surface area contributed by atoms with Gasteiger partial charge in [-0.25, -0.2) is 8.78 Å². The molecule has 1 aliphatic rings. The maximum atomic E-state index is 13.3. The third kappa shape index (κ3) is 4.24. The number of benzene rings is 1. The van der Waals surface area contributed by atoms with E-state index in [-0.39, 0.29) is 11.8 Å². The first-order valence-corrected chi connectivity index (χ1v) is 7.43. The molecule has 6 heteroatoms. The number of likely N-dealkylation sites (N-methyl/N-ethyl adjacent to an activating group) is 1. The number of amides is 1. The van der Waals surface area contributed by atoms with Crippen LogP contribution in [-0.4, -0.2) is 67.9 Å². The predicted octanol–water partition coefficient (Wildman–Crippen LogP) is 1.42. The Labute approximate surface area is 130 Å². The van der Waals surface area contributed by atoms with Crippen molar-refractivity contribution in [2.24, 2.45) is 5.92 Å². The predicted molar refractivity (Wildman–Crippen MR) is 81.3 cm³/mol. The number of nitrogens with zero attached hydrogens (tertiary/aromatic N) is 3.